The van der Waals surface area contributed by atoms with Gasteiger partial charge in [-0.25, -0.2) is 9.59 Å². The summed E-state index contributed by atoms with van der Waals surface area (Å²) in [4.78, 5) is 34.2. The zero-order valence-corrected chi connectivity index (χ0v) is 13.9. The minimum absolute atomic E-state index is 0.250. The number of hydrogen-bond acceptors (Lipinski definition) is 5. The summed E-state index contributed by atoms with van der Waals surface area (Å²) in [7, 11) is 0. The molecule has 2 aromatic rings. The van der Waals surface area contributed by atoms with Crippen LogP contribution in [0, 0.1) is 0 Å². The molecule has 2 rings (SSSR count). The summed E-state index contributed by atoms with van der Waals surface area (Å²) in [5.41, 5.74) is 5.69. The van der Waals surface area contributed by atoms with Crippen LogP contribution in [0.4, 0.5) is 10.5 Å². The molecule has 4 N–H and O–H groups in total. The number of carbonyl (C=O) groups is 3. The molecular weight excluding hydrogens is 338 g/mol. The highest BCUT2D eigenvalue weighted by molar-refractivity contribution is 5.93. The number of amides is 3. The lowest BCUT2D eigenvalue weighted by atomic mass is 10.2. The molecule has 0 saturated carbocycles. The van der Waals surface area contributed by atoms with Gasteiger partial charge in [-0.15, -0.1) is 0 Å². The average molecular weight is 357 g/mol. The lowest BCUT2D eigenvalue weighted by Crippen LogP contribution is -2.32. The van der Waals surface area contributed by atoms with E-state index in [1.165, 1.54) is 24.3 Å². The second kappa shape index (κ2) is 9.67. The van der Waals surface area contributed by atoms with Gasteiger partial charge < -0.3 is 25.8 Å². The van der Waals surface area contributed by atoms with Gasteiger partial charge in [0.25, 0.3) is 5.91 Å². The van der Waals surface area contributed by atoms with Crippen LogP contribution in [-0.4, -0.2) is 37.7 Å². The van der Waals surface area contributed by atoms with Gasteiger partial charge in [0.15, 0.2) is 6.61 Å². The van der Waals surface area contributed by atoms with Crippen molar-refractivity contribution in [2.24, 2.45) is 5.73 Å². The van der Waals surface area contributed by atoms with Crippen LogP contribution in [0.1, 0.15) is 10.4 Å². The largest absolute Gasteiger partial charge is 0.492 e. The molecule has 0 saturated heterocycles. The standard InChI is InChI=1S/C18H19N3O5/c19-18(24)21-14-8-6-13(7-9-14)17(23)26-12-16(22)20-10-11-25-15-4-2-1-3-5-15/h1-9H,10-12H2,(H,20,22)(H3,19,21,24). The minimum atomic E-state index is -0.701. The van der Waals surface area contributed by atoms with E-state index in [-0.39, 0.29) is 5.56 Å². The van der Waals surface area contributed by atoms with Gasteiger partial charge in [0, 0.05) is 5.69 Å². The van der Waals surface area contributed by atoms with Crippen LogP contribution in [0.5, 0.6) is 5.75 Å². The van der Waals surface area contributed by atoms with Crippen molar-refractivity contribution in [2.75, 3.05) is 25.1 Å². The number of anilines is 1. The van der Waals surface area contributed by atoms with Crippen LogP contribution >= 0.6 is 0 Å². The maximum Gasteiger partial charge on any atom is 0.338 e. The monoisotopic (exact) mass is 357 g/mol. The summed E-state index contributed by atoms with van der Waals surface area (Å²) >= 11 is 0. The van der Waals surface area contributed by atoms with Gasteiger partial charge in [-0.1, -0.05) is 18.2 Å². The number of esters is 1. The van der Waals surface area contributed by atoms with E-state index >= 15 is 0 Å². The molecule has 0 heterocycles. The number of urea groups is 1. The smallest absolute Gasteiger partial charge is 0.338 e. The predicted octanol–water partition coefficient (Wildman–Crippen LogP) is 1.53. The first-order chi connectivity index (χ1) is 12.5. The molecule has 0 aliphatic rings. The summed E-state index contributed by atoms with van der Waals surface area (Å²) in [5, 5.41) is 4.96. The molecule has 0 bridgehead atoms. The summed E-state index contributed by atoms with van der Waals surface area (Å²) < 4.78 is 10.4. The minimum Gasteiger partial charge on any atom is -0.492 e. The molecule has 0 unspecified atom stereocenters. The quantitative estimate of drug-likeness (QED) is 0.489. The average Bonchev–Trinajstić information content (AvgIpc) is 2.64. The highest BCUT2D eigenvalue weighted by Gasteiger charge is 2.10. The molecular formula is C18H19N3O5. The third kappa shape index (κ3) is 6.52. The zero-order chi connectivity index (χ0) is 18.8. The lowest BCUT2D eigenvalue weighted by molar-refractivity contribution is -0.124. The molecule has 26 heavy (non-hydrogen) atoms. The first-order valence-electron chi connectivity index (χ1n) is 7.83. The molecule has 0 aromatic heterocycles. The highest BCUT2D eigenvalue weighted by Crippen LogP contribution is 2.10. The van der Waals surface area contributed by atoms with Crippen molar-refractivity contribution < 1.29 is 23.9 Å². The van der Waals surface area contributed by atoms with Crippen molar-refractivity contribution in [1.29, 1.82) is 0 Å². The van der Waals surface area contributed by atoms with Crippen molar-refractivity contribution in [3.63, 3.8) is 0 Å². The Kier molecular flexibility index (Phi) is 6.99. The van der Waals surface area contributed by atoms with Crippen LogP contribution in [0.2, 0.25) is 0 Å². The van der Waals surface area contributed by atoms with Gasteiger partial charge in [-0.3, -0.25) is 4.79 Å². The molecule has 3 amide bonds. The van der Waals surface area contributed by atoms with Crippen LogP contribution in [-0.2, 0) is 9.53 Å². The van der Waals surface area contributed by atoms with Gasteiger partial charge in [0.1, 0.15) is 12.4 Å². The third-order valence-corrected chi connectivity index (χ3v) is 3.16. The summed E-state index contributed by atoms with van der Waals surface area (Å²) in [6.07, 6.45) is 0. The Bertz CT molecular complexity index is 747. The fraction of sp³-hybridized carbons (Fsp3) is 0.167. The van der Waals surface area contributed by atoms with Gasteiger partial charge in [0.05, 0.1) is 12.1 Å². The van der Waals surface area contributed by atoms with Crippen molar-refractivity contribution in [3.8, 4) is 5.75 Å². The first-order valence-corrected chi connectivity index (χ1v) is 7.83. The number of primary amides is 1. The van der Waals surface area contributed by atoms with Crippen LogP contribution < -0.4 is 21.1 Å². The number of ether oxygens (including phenoxy) is 2. The third-order valence-electron chi connectivity index (χ3n) is 3.16. The topological polar surface area (TPSA) is 120 Å². The van der Waals surface area contributed by atoms with E-state index in [9.17, 15) is 14.4 Å². The van der Waals surface area contributed by atoms with E-state index < -0.39 is 24.5 Å². The van der Waals surface area contributed by atoms with E-state index in [0.29, 0.717) is 24.6 Å². The van der Waals surface area contributed by atoms with Crippen molar-refractivity contribution in [3.05, 3.63) is 60.2 Å². The van der Waals surface area contributed by atoms with Gasteiger partial charge in [0.2, 0.25) is 0 Å². The van der Waals surface area contributed by atoms with Crippen molar-refractivity contribution in [1.82, 2.24) is 5.32 Å². The second-order valence-electron chi connectivity index (χ2n) is 5.15. The normalized spacial score (nSPS) is 9.85. The summed E-state index contributed by atoms with van der Waals surface area (Å²) in [6.45, 7) is 0.197. The SMILES string of the molecule is NC(=O)Nc1ccc(C(=O)OCC(=O)NCCOc2ccccc2)cc1. The van der Waals surface area contributed by atoms with Gasteiger partial charge in [-0.2, -0.15) is 0 Å². The number of para-hydroxylation sites is 1. The molecule has 0 aliphatic heterocycles. The zero-order valence-electron chi connectivity index (χ0n) is 13.9. The molecule has 8 nitrogen and oxygen atoms in total. The van der Waals surface area contributed by atoms with Crippen LogP contribution in [0.3, 0.4) is 0 Å². The number of rotatable bonds is 8. The predicted molar refractivity (Wildman–Crippen MR) is 94.9 cm³/mol. The van der Waals surface area contributed by atoms with Crippen molar-refractivity contribution in [2.45, 2.75) is 0 Å². The lowest BCUT2D eigenvalue weighted by Gasteiger charge is -2.08. The molecule has 0 spiro atoms. The van der Waals surface area contributed by atoms with Crippen LogP contribution in [0.15, 0.2) is 54.6 Å². The number of benzene rings is 2. The summed E-state index contributed by atoms with van der Waals surface area (Å²) in [6, 6.07) is 14.4. The molecule has 0 aliphatic carbocycles. The highest BCUT2D eigenvalue weighted by atomic mass is 16.5. The molecule has 136 valence electrons. The fourth-order valence-corrected chi connectivity index (χ4v) is 1.97. The van der Waals surface area contributed by atoms with E-state index in [0.717, 1.165) is 0 Å². The Morgan fingerprint density at radius 3 is 2.31 bits per heavy atom. The number of nitrogens with one attached hydrogen (secondary N) is 2. The molecule has 0 atom stereocenters. The van der Waals surface area contributed by atoms with E-state index in [1.54, 1.807) is 0 Å². The molecule has 8 heteroatoms. The maximum atomic E-state index is 11.9. The fourth-order valence-electron chi connectivity index (χ4n) is 1.97. The Morgan fingerprint density at radius 2 is 1.65 bits per heavy atom. The summed E-state index contributed by atoms with van der Waals surface area (Å²) in [5.74, 6) is -0.365. The number of nitrogens with two attached hydrogens (primary N) is 1. The van der Waals surface area contributed by atoms with Gasteiger partial charge in [-0.05, 0) is 36.4 Å². The van der Waals surface area contributed by atoms with E-state index in [1.807, 2.05) is 30.3 Å². The van der Waals surface area contributed by atoms with E-state index in [4.69, 9.17) is 15.2 Å². The Hall–Kier alpha value is -3.55. The maximum absolute atomic E-state index is 11.9. The van der Waals surface area contributed by atoms with Crippen LogP contribution in [0.25, 0.3) is 0 Å². The molecule has 2 aromatic carbocycles. The number of carbonyl (C=O) groups excluding carboxylic acids is 3. The van der Waals surface area contributed by atoms with Crippen molar-refractivity contribution >= 4 is 23.6 Å². The number of hydrogen-bond donors (Lipinski definition) is 3. The Morgan fingerprint density at radius 1 is 0.962 bits per heavy atom. The Balaban J connectivity index is 1.66. The molecule has 0 fully saturated rings. The Labute approximate surface area is 150 Å². The van der Waals surface area contributed by atoms with E-state index in [2.05, 4.69) is 10.6 Å². The molecule has 0 radical (unpaired) electrons. The van der Waals surface area contributed by atoms with Gasteiger partial charge >= 0.3 is 12.0 Å². The second-order valence-corrected chi connectivity index (χ2v) is 5.15. The first kappa shape index (κ1) is 18.8.